The van der Waals surface area contributed by atoms with Crippen LogP contribution in [0.25, 0.3) is 22.2 Å². The third-order valence-electron chi connectivity index (χ3n) is 6.21. The fraction of sp³-hybridized carbons (Fsp3) is 0.364. The summed E-state index contributed by atoms with van der Waals surface area (Å²) in [6.45, 7) is 4.89. The average molecular weight is 373 g/mol. The zero-order valence-corrected chi connectivity index (χ0v) is 16.1. The molecule has 2 atom stereocenters. The number of rotatable bonds is 2. The number of carbonyl (C=O) groups is 1. The number of aryl methyl sites for hydroxylation is 1. The molecule has 3 aromatic rings. The van der Waals surface area contributed by atoms with Gasteiger partial charge in [-0.05, 0) is 56.7 Å². The van der Waals surface area contributed by atoms with Crippen molar-refractivity contribution in [1.82, 2.24) is 19.9 Å². The Morgan fingerprint density at radius 3 is 2.64 bits per heavy atom. The summed E-state index contributed by atoms with van der Waals surface area (Å²) in [7, 11) is 0. The molecule has 2 aliphatic rings. The van der Waals surface area contributed by atoms with Crippen LogP contribution in [0.2, 0.25) is 0 Å². The summed E-state index contributed by atoms with van der Waals surface area (Å²) >= 11 is 0. The number of carbonyl (C=O) groups excluding carboxylic acids is 1. The van der Waals surface area contributed by atoms with Crippen LogP contribution in [0.1, 0.15) is 40.7 Å². The first-order valence-corrected chi connectivity index (χ1v) is 9.81. The van der Waals surface area contributed by atoms with Crippen molar-refractivity contribution in [3.05, 3.63) is 47.3 Å². The number of aromatic nitrogens is 3. The number of amides is 1. The third kappa shape index (κ3) is 2.63. The molecular formula is C22H23N5O. The van der Waals surface area contributed by atoms with Crippen LogP contribution >= 0.6 is 0 Å². The van der Waals surface area contributed by atoms with E-state index in [-0.39, 0.29) is 11.9 Å². The fourth-order valence-electron chi connectivity index (χ4n) is 4.81. The summed E-state index contributed by atoms with van der Waals surface area (Å²) in [5, 5.41) is 0.922. The molecular weight excluding hydrogens is 350 g/mol. The van der Waals surface area contributed by atoms with Crippen LogP contribution in [-0.2, 0) is 0 Å². The maximum Gasteiger partial charge on any atom is 0.255 e. The molecule has 6 nitrogen and oxygen atoms in total. The molecule has 1 saturated carbocycles. The number of anilines is 1. The van der Waals surface area contributed by atoms with Crippen LogP contribution in [0, 0.1) is 19.8 Å². The lowest BCUT2D eigenvalue weighted by Gasteiger charge is -2.28. The second-order valence-electron chi connectivity index (χ2n) is 8.10. The van der Waals surface area contributed by atoms with Crippen molar-refractivity contribution in [2.24, 2.45) is 5.92 Å². The SMILES string of the molecule is Cc1ccc2nc(-c3cnc(N)nc3)c(C)c(C(=O)N3C[C@H]4CC[C@H]3C4)c2c1. The number of nitrogen functional groups attached to an aromatic ring is 1. The Balaban J connectivity index is 1.71. The lowest BCUT2D eigenvalue weighted by Crippen LogP contribution is -2.38. The standard InChI is InChI=1S/C22H23N5O/c1-12-3-6-18-17(7-12)19(21(28)27-11-14-4-5-16(27)8-14)13(2)20(26-18)15-9-24-22(23)25-10-15/h3,6-7,9-10,14,16H,4-5,8,11H2,1-2H3,(H2,23,24,25)/t14-,16-/m0/s1. The molecule has 142 valence electrons. The Bertz CT molecular complexity index is 1090. The molecule has 2 N–H and O–H groups in total. The van der Waals surface area contributed by atoms with E-state index in [1.54, 1.807) is 12.4 Å². The summed E-state index contributed by atoms with van der Waals surface area (Å²) in [4.78, 5) is 28.8. The minimum Gasteiger partial charge on any atom is -0.368 e. The predicted molar refractivity (Wildman–Crippen MR) is 109 cm³/mol. The number of pyridine rings is 1. The molecule has 5 rings (SSSR count). The van der Waals surface area contributed by atoms with Crippen LogP contribution in [0.5, 0.6) is 0 Å². The van der Waals surface area contributed by atoms with E-state index in [4.69, 9.17) is 10.7 Å². The van der Waals surface area contributed by atoms with Gasteiger partial charge >= 0.3 is 0 Å². The number of likely N-dealkylation sites (tertiary alicyclic amines) is 1. The first kappa shape index (κ1) is 17.1. The van der Waals surface area contributed by atoms with E-state index in [1.807, 2.05) is 26.0 Å². The van der Waals surface area contributed by atoms with Crippen molar-refractivity contribution >= 4 is 22.8 Å². The molecule has 28 heavy (non-hydrogen) atoms. The monoisotopic (exact) mass is 373 g/mol. The maximum absolute atomic E-state index is 13.7. The van der Waals surface area contributed by atoms with Gasteiger partial charge in [-0.1, -0.05) is 11.6 Å². The number of benzene rings is 1. The average Bonchev–Trinajstić information content (AvgIpc) is 3.31. The Kier molecular flexibility index (Phi) is 3.82. The Morgan fingerprint density at radius 1 is 1.18 bits per heavy atom. The van der Waals surface area contributed by atoms with E-state index >= 15 is 0 Å². The summed E-state index contributed by atoms with van der Waals surface area (Å²) in [6, 6.07) is 6.46. The maximum atomic E-state index is 13.7. The first-order chi connectivity index (χ1) is 13.5. The molecule has 6 heteroatoms. The first-order valence-electron chi connectivity index (χ1n) is 9.81. The van der Waals surface area contributed by atoms with Crippen molar-refractivity contribution in [3.8, 4) is 11.3 Å². The molecule has 3 heterocycles. The quantitative estimate of drug-likeness (QED) is 0.743. The largest absolute Gasteiger partial charge is 0.368 e. The van der Waals surface area contributed by atoms with Gasteiger partial charge in [0.25, 0.3) is 5.91 Å². The van der Waals surface area contributed by atoms with Gasteiger partial charge in [-0.3, -0.25) is 4.79 Å². The normalized spacial score (nSPS) is 20.9. The van der Waals surface area contributed by atoms with E-state index in [9.17, 15) is 4.79 Å². The van der Waals surface area contributed by atoms with Crippen LogP contribution < -0.4 is 5.73 Å². The molecule has 1 aromatic carbocycles. The molecule has 0 unspecified atom stereocenters. The van der Waals surface area contributed by atoms with Crippen LogP contribution in [0.3, 0.4) is 0 Å². The highest BCUT2D eigenvalue weighted by molar-refractivity contribution is 6.09. The highest BCUT2D eigenvalue weighted by Crippen LogP contribution is 2.40. The van der Waals surface area contributed by atoms with Gasteiger partial charge < -0.3 is 10.6 Å². The van der Waals surface area contributed by atoms with Crippen LogP contribution in [-0.4, -0.2) is 38.3 Å². The number of piperidine rings is 1. The number of hydrogen-bond acceptors (Lipinski definition) is 5. The van der Waals surface area contributed by atoms with E-state index in [2.05, 4.69) is 20.9 Å². The Morgan fingerprint density at radius 2 is 1.96 bits per heavy atom. The third-order valence-corrected chi connectivity index (χ3v) is 6.21. The molecule has 0 radical (unpaired) electrons. The van der Waals surface area contributed by atoms with Gasteiger partial charge in [0.1, 0.15) is 0 Å². The van der Waals surface area contributed by atoms with E-state index in [1.165, 1.54) is 6.42 Å². The second-order valence-corrected chi connectivity index (χ2v) is 8.10. The highest BCUT2D eigenvalue weighted by Gasteiger charge is 2.41. The van der Waals surface area contributed by atoms with E-state index in [0.29, 0.717) is 12.0 Å². The number of nitrogens with two attached hydrogens (primary N) is 1. The number of fused-ring (bicyclic) bond motifs is 3. The van der Waals surface area contributed by atoms with Gasteiger partial charge in [0.05, 0.1) is 16.8 Å². The van der Waals surface area contributed by atoms with Gasteiger partial charge in [0.2, 0.25) is 5.95 Å². The molecule has 2 bridgehead atoms. The zero-order chi connectivity index (χ0) is 19.4. The molecule has 2 aromatic heterocycles. The molecule has 1 amide bonds. The zero-order valence-electron chi connectivity index (χ0n) is 16.1. The van der Waals surface area contributed by atoms with E-state index < -0.39 is 0 Å². The summed E-state index contributed by atoms with van der Waals surface area (Å²) < 4.78 is 0. The smallest absolute Gasteiger partial charge is 0.255 e. The minimum absolute atomic E-state index is 0.125. The molecule has 0 spiro atoms. The summed E-state index contributed by atoms with van der Waals surface area (Å²) in [5.41, 5.74) is 10.7. The number of nitrogens with zero attached hydrogens (tertiary/aromatic N) is 4. The van der Waals surface area contributed by atoms with Crippen molar-refractivity contribution in [2.75, 3.05) is 12.3 Å². The van der Waals surface area contributed by atoms with Gasteiger partial charge in [-0.15, -0.1) is 0 Å². The lowest BCUT2D eigenvalue weighted by atomic mass is 9.96. The van der Waals surface area contributed by atoms with Gasteiger partial charge in [0, 0.05) is 35.9 Å². The van der Waals surface area contributed by atoms with Crippen molar-refractivity contribution in [3.63, 3.8) is 0 Å². The van der Waals surface area contributed by atoms with Crippen molar-refractivity contribution in [1.29, 1.82) is 0 Å². The molecule has 1 aliphatic carbocycles. The second kappa shape index (κ2) is 6.26. The van der Waals surface area contributed by atoms with Gasteiger partial charge in [-0.25, -0.2) is 15.0 Å². The number of hydrogen-bond donors (Lipinski definition) is 1. The predicted octanol–water partition coefficient (Wildman–Crippen LogP) is 3.52. The topological polar surface area (TPSA) is 85.0 Å². The highest BCUT2D eigenvalue weighted by atomic mass is 16.2. The van der Waals surface area contributed by atoms with Gasteiger partial charge in [0.15, 0.2) is 0 Å². The Labute approximate surface area is 163 Å². The minimum atomic E-state index is 0.125. The van der Waals surface area contributed by atoms with Crippen LogP contribution in [0.4, 0.5) is 5.95 Å². The summed E-state index contributed by atoms with van der Waals surface area (Å²) in [5.74, 6) is 1.01. The van der Waals surface area contributed by atoms with Crippen LogP contribution in [0.15, 0.2) is 30.6 Å². The fourth-order valence-corrected chi connectivity index (χ4v) is 4.81. The van der Waals surface area contributed by atoms with Gasteiger partial charge in [-0.2, -0.15) is 0 Å². The molecule has 1 saturated heterocycles. The Hall–Kier alpha value is -3.02. The van der Waals surface area contributed by atoms with Crippen molar-refractivity contribution < 1.29 is 4.79 Å². The molecule has 1 aliphatic heterocycles. The molecule has 2 fully saturated rings. The lowest BCUT2D eigenvalue weighted by molar-refractivity contribution is 0.0705. The van der Waals surface area contributed by atoms with E-state index in [0.717, 1.165) is 58.2 Å². The van der Waals surface area contributed by atoms with Crippen molar-refractivity contribution in [2.45, 2.75) is 39.2 Å². The summed E-state index contributed by atoms with van der Waals surface area (Å²) in [6.07, 6.45) is 6.85.